The van der Waals surface area contributed by atoms with Crippen LogP contribution < -0.4 is 11.1 Å². The lowest BCUT2D eigenvalue weighted by molar-refractivity contribution is -0.116. The van der Waals surface area contributed by atoms with Crippen molar-refractivity contribution in [2.24, 2.45) is 5.73 Å². The number of rotatable bonds is 5. The highest BCUT2D eigenvalue weighted by Gasteiger charge is 2.21. The standard InChI is InChI=1S/C15H23N3O/c1-11(2)18-9-12-5-6-14(8-13(12)10-18)17-15(19)4-3-7-16/h5-6,8,11H,3-4,7,9-10,16H2,1-2H3,(H,17,19). The Kier molecular flexibility index (Phi) is 4.56. The fourth-order valence-corrected chi connectivity index (χ4v) is 2.35. The number of anilines is 1. The highest BCUT2D eigenvalue weighted by Crippen LogP contribution is 2.27. The molecule has 0 unspecified atom stereocenters. The molecule has 0 radical (unpaired) electrons. The molecule has 1 amide bonds. The summed E-state index contributed by atoms with van der Waals surface area (Å²) in [6.45, 7) is 6.96. The Morgan fingerprint density at radius 1 is 1.37 bits per heavy atom. The zero-order valence-corrected chi connectivity index (χ0v) is 11.8. The Morgan fingerprint density at radius 2 is 2.11 bits per heavy atom. The van der Waals surface area contributed by atoms with E-state index in [-0.39, 0.29) is 5.91 Å². The van der Waals surface area contributed by atoms with Gasteiger partial charge in [0.25, 0.3) is 0 Å². The van der Waals surface area contributed by atoms with Crippen molar-refractivity contribution in [3.8, 4) is 0 Å². The molecular weight excluding hydrogens is 238 g/mol. The van der Waals surface area contributed by atoms with Gasteiger partial charge in [-0.15, -0.1) is 0 Å². The Balaban J connectivity index is 1.99. The zero-order valence-electron chi connectivity index (χ0n) is 11.8. The molecule has 4 heteroatoms. The topological polar surface area (TPSA) is 58.4 Å². The zero-order chi connectivity index (χ0) is 13.8. The fraction of sp³-hybridized carbons (Fsp3) is 0.533. The highest BCUT2D eigenvalue weighted by molar-refractivity contribution is 5.90. The maximum absolute atomic E-state index is 11.7. The number of fused-ring (bicyclic) bond motifs is 1. The SMILES string of the molecule is CC(C)N1Cc2ccc(NC(=O)CCCN)cc2C1. The number of carbonyl (C=O) groups is 1. The van der Waals surface area contributed by atoms with Crippen molar-refractivity contribution in [1.82, 2.24) is 4.90 Å². The van der Waals surface area contributed by atoms with Crippen LogP contribution in [0.2, 0.25) is 0 Å². The Bertz CT molecular complexity index is 457. The van der Waals surface area contributed by atoms with Gasteiger partial charge in [-0.2, -0.15) is 0 Å². The summed E-state index contributed by atoms with van der Waals surface area (Å²) in [5, 5.41) is 2.94. The van der Waals surface area contributed by atoms with Gasteiger partial charge in [0, 0.05) is 31.2 Å². The van der Waals surface area contributed by atoms with Gasteiger partial charge in [0.2, 0.25) is 5.91 Å². The van der Waals surface area contributed by atoms with Crippen molar-refractivity contribution in [2.75, 3.05) is 11.9 Å². The van der Waals surface area contributed by atoms with Crippen LogP contribution >= 0.6 is 0 Å². The van der Waals surface area contributed by atoms with Gasteiger partial charge in [0.15, 0.2) is 0 Å². The van der Waals surface area contributed by atoms with Gasteiger partial charge < -0.3 is 11.1 Å². The van der Waals surface area contributed by atoms with E-state index in [0.717, 1.165) is 25.2 Å². The Hall–Kier alpha value is -1.39. The number of nitrogens with zero attached hydrogens (tertiary/aromatic N) is 1. The highest BCUT2D eigenvalue weighted by atomic mass is 16.1. The summed E-state index contributed by atoms with van der Waals surface area (Å²) in [4.78, 5) is 14.1. The lowest BCUT2D eigenvalue weighted by Gasteiger charge is -2.18. The summed E-state index contributed by atoms with van der Waals surface area (Å²) in [5.74, 6) is 0.0455. The quantitative estimate of drug-likeness (QED) is 0.853. The fourth-order valence-electron chi connectivity index (χ4n) is 2.35. The predicted molar refractivity (Wildman–Crippen MR) is 77.7 cm³/mol. The van der Waals surface area contributed by atoms with E-state index in [2.05, 4.69) is 36.2 Å². The molecule has 0 aliphatic carbocycles. The first-order valence-corrected chi connectivity index (χ1v) is 6.96. The van der Waals surface area contributed by atoms with Crippen molar-refractivity contribution >= 4 is 11.6 Å². The second-order valence-corrected chi connectivity index (χ2v) is 5.42. The molecule has 1 aromatic rings. The van der Waals surface area contributed by atoms with Gasteiger partial charge in [-0.25, -0.2) is 0 Å². The van der Waals surface area contributed by atoms with E-state index >= 15 is 0 Å². The average molecular weight is 261 g/mol. The molecule has 0 bridgehead atoms. The molecule has 0 fully saturated rings. The molecule has 1 aliphatic heterocycles. The van der Waals surface area contributed by atoms with Crippen LogP contribution in [0.5, 0.6) is 0 Å². The number of hydrogen-bond donors (Lipinski definition) is 2. The van der Waals surface area contributed by atoms with Crippen LogP contribution in [0.25, 0.3) is 0 Å². The molecule has 0 aromatic heterocycles. The van der Waals surface area contributed by atoms with Crippen LogP contribution in [0, 0.1) is 0 Å². The second kappa shape index (κ2) is 6.17. The van der Waals surface area contributed by atoms with E-state index < -0.39 is 0 Å². The number of nitrogens with one attached hydrogen (secondary N) is 1. The van der Waals surface area contributed by atoms with Crippen LogP contribution in [0.4, 0.5) is 5.69 Å². The van der Waals surface area contributed by atoms with E-state index in [1.807, 2.05) is 6.07 Å². The summed E-state index contributed by atoms with van der Waals surface area (Å²) < 4.78 is 0. The van der Waals surface area contributed by atoms with Gasteiger partial charge in [-0.1, -0.05) is 6.07 Å². The molecule has 1 aromatic carbocycles. The minimum absolute atomic E-state index is 0.0455. The third-order valence-corrected chi connectivity index (χ3v) is 3.58. The summed E-state index contributed by atoms with van der Waals surface area (Å²) in [6, 6.07) is 6.76. The third kappa shape index (κ3) is 3.55. The van der Waals surface area contributed by atoms with Crippen molar-refractivity contribution < 1.29 is 4.79 Å². The first kappa shape index (κ1) is 14.0. The smallest absolute Gasteiger partial charge is 0.224 e. The molecule has 0 spiro atoms. The molecule has 0 atom stereocenters. The lowest BCUT2D eigenvalue weighted by Crippen LogP contribution is -2.24. The third-order valence-electron chi connectivity index (χ3n) is 3.58. The maximum atomic E-state index is 11.7. The number of benzene rings is 1. The predicted octanol–water partition coefficient (Wildman–Crippen LogP) is 2.09. The van der Waals surface area contributed by atoms with Crippen molar-refractivity contribution in [2.45, 2.75) is 45.8 Å². The molecular formula is C15H23N3O. The number of carbonyl (C=O) groups excluding carboxylic acids is 1. The van der Waals surface area contributed by atoms with Crippen LogP contribution in [-0.2, 0) is 17.9 Å². The average Bonchev–Trinajstić information content (AvgIpc) is 2.79. The number of nitrogens with two attached hydrogens (primary N) is 1. The van der Waals surface area contributed by atoms with Gasteiger partial charge in [0.1, 0.15) is 0 Å². The second-order valence-electron chi connectivity index (χ2n) is 5.42. The molecule has 0 saturated carbocycles. The van der Waals surface area contributed by atoms with Crippen LogP contribution in [-0.4, -0.2) is 23.4 Å². The summed E-state index contributed by atoms with van der Waals surface area (Å²) in [5.41, 5.74) is 8.99. The molecule has 104 valence electrons. The van der Waals surface area contributed by atoms with Crippen molar-refractivity contribution in [1.29, 1.82) is 0 Å². The minimum Gasteiger partial charge on any atom is -0.330 e. The first-order chi connectivity index (χ1) is 9.10. The molecule has 2 rings (SSSR count). The first-order valence-electron chi connectivity index (χ1n) is 6.96. The molecule has 4 nitrogen and oxygen atoms in total. The summed E-state index contributed by atoms with van der Waals surface area (Å²) in [7, 11) is 0. The van der Waals surface area contributed by atoms with Gasteiger partial charge >= 0.3 is 0 Å². The van der Waals surface area contributed by atoms with Gasteiger partial charge in [-0.05, 0) is 50.1 Å². The van der Waals surface area contributed by atoms with E-state index in [1.54, 1.807) is 0 Å². The molecule has 0 saturated heterocycles. The summed E-state index contributed by atoms with van der Waals surface area (Å²) >= 11 is 0. The van der Waals surface area contributed by atoms with Gasteiger partial charge in [-0.3, -0.25) is 9.69 Å². The monoisotopic (exact) mass is 261 g/mol. The van der Waals surface area contributed by atoms with Crippen LogP contribution in [0.3, 0.4) is 0 Å². The van der Waals surface area contributed by atoms with E-state index in [1.165, 1.54) is 11.1 Å². The normalized spacial score (nSPS) is 14.7. The Morgan fingerprint density at radius 3 is 2.79 bits per heavy atom. The minimum atomic E-state index is 0.0455. The molecule has 19 heavy (non-hydrogen) atoms. The van der Waals surface area contributed by atoms with Crippen LogP contribution in [0.15, 0.2) is 18.2 Å². The number of amides is 1. The van der Waals surface area contributed by atoms with Crippen molar-refractivity contribution in [3.63, 3.8) is 0 Å². The molecule has 3 N–H and O–H groups in total. The van der Waals surface area contributed by atoms with E-state index in [4.69, 9.17) is 5.73 Å². The maximum Gasteiger partial charge on any atom is 0.224 e. The van der Waals surface area contributed by atoms with E-state index in [9.17, 15) is 4.79 Å². The molecule has 1 heterocycles. The van der Waals surface area contributed by atoms with Crippen LogP contribution in [0.1, 0.15) is 37.8 Å². The van der Waals surface area contributed by atoms with E-state index in [0.29, 0.717) is 19.0 Å². The largest absolute Gasteiger partial charge is 0.330 e. The molecule has 1 aliphatic rings. The Labute approximate surface area is 115 Å². The van der Waals surface area contributed by atoms with Crippen molar-refractivity contribution in [3.05, 3.63) is 29.3 Å². The number of hydrogen-bond acceptors (Lipinski definition) is 3. The van der Waals surface area contributed by atoms with Gasteiger partial charge in [0.05, 0.1) is 0 Å². The lowest BCUT2D eigenvalue weighted by atomic mass is 10.1. The summed E-state index contributed by atoms with van der Waals surface area (Å²) in [6.07, 6.45) is 1.23.